The number of alkyl halides is 1. The molecule has 0 aliphatic heterocycles. The molecule has 1 aromatic rings. The molecule has 1 N–H and O–H groups in total. The van der Waals surface area contributed by atoms with Gasteiger partial charge < -0.3 is 4.74 Å². The van der Waals surface area contributed by atoms with E-state index in [1.807, 2.05) is 45.9 Å². The monoisotopic (exact) mass is 255 g/mol. The molecule has 1 amide bonds. The lowest BCUT2D eigenvalue weighted by Crippen LogP contribution is -2.27. The highest BCUT2D eigenvalue weighted by Gasteiger charge is 2.16. The summed E-state index contributed by atoms with van der Waals surface area (Å²) in [5.74, 6) is 0.420. The summed E-state index contributed by atoms with van der Waals surface area (Å²) in [6.07, 6.45) is -0.452. The summed E-state index contributed by atoms with van der Waals surface area (Å²) in [4.78, 5) is 11.6. The van der Waals surface area contributed by atoms with Crippen molar-refractivity contribution in [3.8, 4) is 0 Å². The van der Waals surface area contributed by atoms with Crippen molar-refractivity contribution in [2.75, 3.05) is 5.32 Å². The Morgan fingerprint density at radius 3 is 2.59 bits per heavy atom. The second kappa shape index (κ2) is 5.41. The lowest BCUT2D eigenvalue weighted by Gasteiger charge is -2.20. The van der Waals surface area contributed by atoms with E-state index in [2.05, 4.69) is 5.32 Å². The van der Waals surface area contributed by atoms with Gasteiger partial charge in [-0.3, -0.25) is 5.32 Å². The molecule has 1 aromatic carbocycles. The van der Waals surface area contributed by atoms with Crippen LogP contribution in [0, 0.1) is 6.92 Å². The van der Waals surface area contributed by atoms with Crippen molar-refractivity contribution >= 4 is 23.4 Å². The molecule has 0 aliphatic carbocycles. The molecule has 0 unspecified atom stereocenters. The van der Waals surface area contributed by atoms with Gasteiger partial charge in [-0.05, 0) is 44.9 Å². The SMILES string of the molecule is Cc1ccc(CCl)cc1NC(=O)OC(C)(C)C. The highest BCUT2D eigenvalue weighted by Crippen LogP contribution is 2.19. The van der Waals surface area contributed by atoms with Crippen LogP contribution >= 0.6 is 11.6 Å². The Bertz CT molecular complexity index is 410. The summed E-state index contributed by atoms with van der Waals surface area (Å²) in [6, 6.07) is 5.71. The molecule has 4 heteroatoms. The van der Waals surface area contributed by atoms with E-state index in [1.54, 1.807) is 0 Å². The minimum atomic E-state index is -0.498. The Kier molecular flexibility index (Phi) is 4.40. The third-order valence-electron chi connectivity index (χ3n) is 2.09. The third kappa shape index (κ3) is 4.65. The van der Waals surface area contributed by atoms with Crippen LogP contribution < -0.4 is 5.32 Å². The first-order valence-corrected chi connectivity index (χ1v) is 6.01. The van der Waals surface area contributed by atoms with Crippen molar-refractivity contribution in [2.45, 2.75) is 39.2 Å². The molecule has 0 heterocycles. The molecule has 0 aliphatic rings. The molecule has 0 radical (unpaired) electrons. The van der Waals surface area contributed by atoms with Crippen molar-refractivity contribution in [3.05, 3.63) is 29.3 Å². The zero-order valence-electron chi connectivity index (χ0n) is 10.6. The van der Waals surface area contributed by atoms with Crippen LogP contribution in [0.1, 0.15) is 31.9 Å². The number of nitrogens with one attached hydrogen (secondary N) is 1. The van der Waals surface area contributed by atoms with E-state index in [4.69, 9.17) is 16.3 Å². The van der Waals surface area contributed by atoms with Crippen molar-refractivity contribution in [1.82, 2.24) is 0 Å². The summed E-state index contributed by atoms with van der Waals surface area (Å²) in [5, 5.41) is 2.72. The molecule has 0 saturated carbocycles. The highest BCUT2D eigenvalue weighted by atomic mass is 35.5. The topological polar surface area (TPSA) is 38.3 Å². The van der Waals surface area contributed by atoms with E-state index in [0.717, 1.165) is 16.8 Å². The van der Waals surface area contributed by atoms with Gasteiger partial charge in [-0.25, -0.2) is 4.79 Å². The number of hydrogen-bond donors (Lipinski definition) is 1. The third-order valence-corrected chi connectivity index (χ3v) is 2.40. The number of benzene rings is 1. The molecule has 0 aromatic heterocycles. The Labute approximate surface area is 107 Å². The molecule has 0 saturated heterocycles. The number of carbonyl (C=O) groups excluding carboxylic acids is 1. The van der Waals surface area contributed by atoms with Crippen LogP contribution in [0.4, 0.5) is 10.5 Å². The van der Waals surface area contributed by atoms with Crippen LogP contribution in [-0.2, 0) is 10.6 Å². The number of hydrogen-bond acceptors (Lipinski definition) is 2. The first-order valence-electron chi connectivity index (χ1n) is 5.47. The predicted molar refractivity (Wildman–Crippen MR) is 70.6 cm³/mol. The average Bonchev–Trinajstić information content (AvgIpc) is 2.18. The zero-order chi connectivity index (χ0) is 13.1. The molecule has 3 nitrogen and oxygen atoms in total. The number of amides is 1. The largest absolute Gasteiger partial charge is 0.444 e. The van der Waals surface area contributed by atoms with Crippen molar-refractivity contribution < 1.29 is 9.53 Å². The quantitative estimate of drug-likeness (QED) is 0.809. The molecule has 0 fully saturated rings. The molecule has 1 rings (SSSR count). The standard InChI is InChI=1S/C13H18ClNO2/c1-9-5-6-10(8-14)7-11(9)15-12(16)17-13(2,3)4/h5-7H,8H2,1-4H3,(H,15,16). The van der Waals surface area contributed by atoms with Gasteiger partial charge >= 0.3 is 6.09 Å². The summed E-state index contributed by atoms with van der Waals surface area (Å²) in [7, 11) is 0. The smallest absolute Gasteiger partial charge is 0.412 e. The number of ether oxygens (including phenoxy) is 1. The Morgan fingerprint density at radius 2 is 2.06 bits per heavy atom. The second-order valence-electron chi connectivity index (χ2n) is 4.91. The van der Waals surface area contributed by atoms with Gasteiger partial charge in [-0.2, -0.15) is 0 Å². The predicted octanol–water partition coefficient (Wildman–Crippen LogP) is 4.08. The van der Waals surface area contributed by atoms with E-state index >= 15 is 0 Å². The van der Waals surface area contributed by atoms with Crippen LogP contribution in [0.3, 0.4) is 0 Å². The maximum absolute atomic E-state index is 11.6. The van der Waals surface area contributed by atoms with E-state index in [-0.39, 0.29) is 0 Å². The number of halogens is 1. The van der Waals surface area contributed by atoms with Crippen LogP contribution in [-0.4, -0.2) is 11.7 Å². The number of aryl methyl sites for hydroxylation is 1. The van der Waals surface area contributed by atoms with Gasteiger partial charge in [0.1, 0.15) is 5.60 Å². The minimum absolute atomic E-state index is 0.420. The van der Waals surface area contributed by atoms with E-state index < -0.39 is 11.7 Å². The Hall–Kier alpha value is -1.22. The Balaban J connectivity index is 2.77. The summed E-state index contributed by atoms with van der Waals surface area (Å²) in [6.45, 7) is 7.41. The van der Waals surface area contributed by atoms with Crippen molar-refractivity contribution in [1.29, 1.82) is 0 Å². The molecular formula is C13H18ClNO2. The van der Waals surface area contributed by atoms with Gasteiger partial charge in [0.05, 0.1) is 0 Å². The van der Waals surface area contributed by atoms with E-state index in [1.165, 1.54) is 0 Å². The van der Waals surface area contributed by atoms with Crippen molar-refractivity contribution in [3.63, 3.8) is 0 Å². The van der Waals surface area contributed by atoms with Gasteiger partial charge in [-0.1, -0.05) is 12.1 Å². The molecule has 0 bridgehead atoms. The fourth-order valence-electron chi connectivity index (χ4n) is 1.30. The number of rotatable bonds is 2. The fourth-order valence-corrected chi connectivity index (χ4v) is 1.47. The molecule has 0 atom stereocenters. The molecular weight excluding hydrogens is 238 g/mol. The van der Waals surface area contributed by atoms with Gasteiger partial charge in [0.25, 0.3) is 0 Å². The van der Waals surface area contributed by atoms with Crippen LogP contribution in [0.2, 0.25) is 0 Å². The van der Waals surface area contributed by atoms with E-state index in [0.29, 0.717) is 5.88 Å². The van der Waals surface area contributed by atoms with Gasteiger partial charge in [0.2, 0.25) is 0 Å². The second-order valence-corrected chi connectivity index (χ2v) is 5.18. The highest BCUT2D eigenvalue weighted by molar-refractivity contribution is 6.17. The van der Waals surface area contributed by atoms with Gasteiger partial charge in [0.15, 0.2) is 0 Å². The van der Waals surface area contributed by atoms with Crippen molar-refractivity contribution in [2.24, 2.45) is 0 Å². The lowest BCUT2D eigenvalue weighted by atomic mass is 10.1. The zero-order valence-corrected chi connectivity index (χ0v) is 11.4. The van der Waals surface area contributed by atoms with Crippen LogP contribution in [0.25, 0.3) is 0 Å². The maximum atomic E-state index is 11.6. The molecule has 17 heavy (non-hydrogen) atoms. The summed E-state index contributed by atoms with van der Waals surface area (Å²) >= 11 is 5.75. The first-order chi connectivity index (χ1) is 7.81. The van der Waals surface area contributed by atoms with E-state index in [9.17, 15) is 4.79 Å². The Morgan fingerprint density at radius 1 is 1.41 bits per heavy atom. The average molecular weight is 256 g/mol. The molecule has 94 valence electrons. The minimum Gasteiger partial charge on any atom is -0.444 e. The lowest BCUT2D eigenvalue weighted by molar-refractivity contribution is 0.0636. The maximum Gasteiger partial charge on any atom is 0.412 e. The van der Waals surface area contributed by atoms with Crippen LogP contribution in [0.15, 0.2) is 18.2 Å². The van der Waals surface area contributed by atoms with Gasteiger partial charge in [0, 0.05) is 11.6 Å². The number of carbonyl (C=O) groups is 1. The normalized spacial score (nSPS) is 11.1. The number of anilines is 1. The van der Waals surface area contributed by atoms with Crippen LogP contribution in [0.5, 0.6) is 0 Å². The summed E-state index contributed by atoms with van der Waals surface area (Å²) < 4.78 is 5.19. The fraction of sp³-hybridized carbons (Fsp3) is 0.462. The van der Waals surface area contributed by atoms with Gasteiger partial charge in [-0.15, -0.1) is 11.6 Å². The molecule has 0 spiro atoms. The summed E-state index contributed by atoms with van der Waals surface area (Å²) in [5.41, 5.74) is 2.17. The first kappa shape index (κ1) is 13.8.